The zero-order chi connectivity index (χ0) is 34.5. The molecule has 2 N–H and O–H groups in total. The molecule has 5 aromatic rings. The Morgan fingerprint density at radius 2 is 1.90 bits per heavy atom. The average molecular weight is 693 g/mol. The molecule has 12 nitrogen and oxygen atoms in total. The van der Waals surface area contributed by atoms with E-state index in [9.17, 15) is 18.4 Å². The standard InChI is InChI=1S/C34H35ClF2N8O4/c1-21-4-7-25(8-5-21)48-20-22(2)40-24-10-14-43(15-11-24)30(46)19-44-18-28(41-33(47)27-17-39-45-13-3-12-38-32(27)45)31(42-44)26-16-23(35)6-9-29(26)49-34(36)37/h3-9,12-13,16-18,22,24,34,40H,10-11,14-15,19-20H2,1-2H3,(H,41,47). The summed E-state index contributed by atoms with van der Waals surface area (Å²) in [6, 6.07) is 14.1. The molecule has 15 heteroatoms. The minimum absolute atomic E-state index is 0.0912. The SMILES string of the molecule is Cc1ccc(OCC(C)NC2CCN(C(=O)Cn3cc(NC(=O)c4cnn5cccnc45)c(-c4cc(Cl)ccc4OC(F)F)n3)CC2)cc1. The van der Waals surface area contributed by atoms with Crippen LogP contribution in [-0.4, -0.2) is 79.5 Å². The van der Waals surface area contributed by atoms with Gasteiger partial charge in [-0.3, -0.25) is 14.3 Å². The first-order valence-corrected chi connectivity index (χ1v) is 16.2. The maximum atomic E-state index is 13.4. The van der Waals surface area contributed by atoms with Gasteiger partial charge in [0, 0.05) is 54.3 Å². The number of nitrogens with zero attached hydrogens (tertiary/aromatic N) is 6. The maximum absolute atomic E-state index is 13.4. The van der Waals surface area contributed by atoms with Crippen molar-refractivity contribution >= 4 is 34.7 Å². The van der Waals surface area contributed by atoms with Gasteiger partial charge in [0.2, 0.25) is 5.91 Å². The van der Waals surface area contributed by atoms with Gasteiger partial charge in [-0.15, -0.1) is 0 Å². The summed E-state index contributed by atoms with van der Waals surface area (Å²) >= 11 is 6.24. The third kappa shape index (κ3) is 8.32. The summed E-state index contributed by atoms with van der Waals surface area (Å²) in [5.41, 5.74) is 2.03. The summed E-state index contributed by atoms with van der Waals surface area (Å²) in [6.45, 7) is 2.45. The highest BCUT2D eigenvalue weighted by Crippen LogP contribution is 2.37. The Kier molecular flexibility index (Phi) is 10.3. The zero-order valence-corrected chi connectivity index (χ0v) is 27.6. The molecule has 0 radical (unpaired) electrons. The second-order valence-corrected chi connectivity index (χ2v) is 12.3. The van der Waals surface area contributed by atoms with Crippen LogP contribution < -0.4 is 20.1 Å². The lowest BCUT2D eigenvalue weighted by molar-refractivity contribution is -0.133. The maximum Gasteiger partial charge on any atom is 0.387 e. The second-order valence-electron chi connectivity index (χ2n) is 11.9. The van der Waals surface area contributed by atoms with E-state index in [1.165, 1.54) is 51.6 Å². The molecule has 1 fully saturated rings. The van der Waals surface area contributed by atoms with Crippen molar-refractivity contribution in [3.8, 4) is 22.8 Å². The van der Waals surface area contributed by atoms with Gasteiger partial charge in [-0.2, -0.15) is 19.0 Å². The third-order valence-electron chi connectivity index (χ3n) is 8.13. The van der Waals surface area contributed by atoms with Crippen LogP contribution in [0, 0.1) is 6.92 Å². The molecule has 3 aromatic heterocycles. The highest BCUT2D eigenvalue weighted by atomic mass is 35.5. The van der Waals surface area contributed by atoms with E-state index in [0.29, 0.717) is 25.3 Å². The molecule has 2 aromatic carbocycles. The Hall–Kier alpha value is -5.08. The van der Waals surface area contributed by atoms with Crippen LogP contribution in [0.4, 0.5) is 14.5 Å². The number of carbonyl (C=O) groups is 2. The number of aryl methyl sites for hydroxylation is 1. The zero-order valence-electron chi connectivity index (χ0n) is 26.9. The highest BCUT2D eigenvalue weighted by Gasteiger charge is 2.26. The number of aromatic nitrogens is 5. The van der Waals surface area contributed by atoms with Crippen LogP contribution in [0.15, 0.2) is 73.3 Å². The molecular weight excluding hydrogens is 658 g/mol. The minimum atomic E-state index is -3.12. The minimum Gasteiger partial charge on any atom is -0.492 e. The van der Waals surface area contributed by atoms with Crippen molar-refractivity contribution in [1.82, 2.24) is 34.6 Å². The number of ether oxygens (including phenoxy) is 2. The molecule has 1 aliphatic heterocycles. The number of hydrogen-bond acceptors (Lipinski definition) is 8. The molecule has 1 unspecified atom stereocenters. The van der Waals surface area contributed by atoms with Crippen molar-refractivity contribution < 1.29 is 27.8 Å². The van der Waals surface area contributed by atoms with Crippen LogP contribution in [-0.2, 0) is 11.3 Å². The molecular formula is C34H35ClF2N8O4. The fraction of sp³-hybridized carbons (Fsp3) is 0.324. The number of nitrogens with one attached hydrogen (secondary N) is 2. The molecule has 0 saturated carbocycles. The van der Waals surface area contributed by atoms with Crippen molar-refractivity contribution in [2.24, 2.45) is 0 Å². The molecule has 49 heavy (non-hydrogen) atoms. The molecule has 0 aliphatic carbocycles. The van der Waals surface area contributed by atoms with Crippen LogP contribution >= 0.6 is 11.6 Å². The summed E-state index contributed by atoms with van der Waals surface area (Å²) in [7, 11) is 0. The fourth-order valence-corrected chi connectivity index (χ4v) is 5.87. The van der Waals surface area contributed by atoms with Crippen LogP contribution in [0.1, 0.15) is 35.7 Å². The van der Waals surface area contributed by atoms with Gasteiger partial charge in [0.15, 0.2) is 5.65 Å². The van der Waals surface area contributed by atoms with Crippen LogP contribution in [0.25, 0.3) is 16.9 Å². The Balaban J connectivity index is 1.14. The smallest absolute Gasteiger partial charge is 0.387 e. The quantitative estimate of drug-likeness (QED) is 0.177. The summed E-state index contributed by atoms with van der Waals surface area (Å²) in [5.74, 6) is -0.114. The lowest BCUT2D eigenvalue weighted by Gasteiger charge is -2.34. The van der Waals surface area contributed by atoms with Crippen molar-refractivity contribution in [1.29, 1.82) is 0 Å². The lowest BCUT2D eigenvalue weighted by atomic mass is 10.0. The molecule has 1 aliphatic rings. The number of likely N-dealkylation sites (tertiary alicyclic amines) is 1. The van der Waals surface area contributed by atoms with E-state index >= 15 is 0 Å². The van der Waals surface area contributed by atoms with Gasteiger partial charge in [-0.1, -0.05) is 29.3 Å². The average Bonchev–Trinajstić information content (AvgIpc) is 3.69. The molecule has 1 saturated heterocycles. The van der Waals surface area contributed by atoms with Gasteiger partial charge in [-0.05, 0) is 63.1 Å². The molecule has 0 spiro atoms. The van der Waals surface area contributed by atoms with Crippen molar-refractivity contribution in [3.63, 3.8) is 0 Å². The van der Waals surface area contributed by atoms with E-state index in [0.717, 1.165) is 18.6 Å². The van der Waals surface area contributed by atoms with Gasteiger partial charge < -0.3 is 25.0 Å². The number of carbonyl (C=O) groups excluding carboxylic acids is 2. The monoisotopic (exact) mass is 692 g/mol. The molecule has 4 heterocycles. The number of rotatable bonds is 12. The Labute approximate surface area is 286 Å². The van der Waals surface area contributed by atoms with Crippen LogP contribution in [0.3, 0.4) is 0 Å². The van der Waals surface area contributed by atoms with E-state index in [4.69, 9.17) is 21.1 Å². The van der Waals surface area contributed by atoms with E-state index in [-0.39, 0.29) is 57.8 Å². The number of piperidine rings is 1. The largest absolute Gasteiger partial charge is 0.492 e. The van der Waals surface area contributed by atoms with Crippen molar-refractivity contribution in [3.05, 3.63) is 89.5 Å². The van der Waals surface area contributed by atoms with Gasteiger partial charge in [-0.25, -0.2) is 9.50 Å². The van der Waals surface area contributed by atoms with Gasteiger partial charge in [0.1, 0.15) is 35.9 Å². The number of amides is 2. The number of alkyl halides is 2. The second kappa shape index (κ2) is 15.0. The fourth-order valence-electron chi connectivity index (χ4n) is 5.70. The Morgan fingerprint density at radius 3 is 2.65 bits per heavy atom. The molecule has 6 rings (SSSR count). The summed E-state index contributed by atoms with van der Waals surface area (Å²) in [5, 5.41) is 15.3. The number of anilines is 1. The summed E-state index contributed by atoms with van der Waals surface area (Å²) in [4.78, 5) is 32.8. The Bertz CT molecular complexity index is 1930. The van der Waals surface area contributed by atoms with Crippen molar-refractivity contribution in [2.75, 3.05) is 25.0 Å². The summed E-state index contributed by atoms with van der Waals surface area (Å²) < 4.78 is 40.1. The summed E-state index contributed by atoms with van der Waals surface area (Å²) in [6.07, 6.45) is 7.54. The number of benzene rings is 2. The highest BCUT2D eigenvalue weighted by molar-refractivity contribution is 6.31. The topological polar surface area (TPSA) is 128 Å². The third-order valence-corrected chi connectivity index (χ3v) is 8.37. The molecule has 256 valence electrons. The molecule has 2 amide bonds. The predicted molar refractivity (Wildman–Crippen MR) is 179 cm³/mol. The van der Waals surface area contributed by atoms with Gasteiger partial charge in [0.05, 0.1) is 11.9 Å². The van der Waals surface area contributed by atoms with E-state index < -0.39 is 12.5 Å². The van der Waals surface area contributed by atoms with Crippen LogP contribution in [0.5, 0.6) is 11.5 Å². The van der Waals surface area contributed by atoms with Crippen LogP contribution in [0.2, 0.25) is 5.02 Å². The first-order valence-electron chi connectivity index (χ1n) is 15.8. The lowest BCUT2D eigenvalue weighted by Crippen LogP contribution is -2.49. The first kappa shape index (κ1) is 33.8. The van der Waals surface area contributed by atoms with Crippen molar-refractivity contribution in [2.45, 2.75) is 51.9 Å². The first-order chi connectivity index (χ1) is 23.6. The number of fused-ring (bicyclic) bond motifs is 1. The Morgan fingerprint density at radius 1 is 1.12 bits per heavy atom. The number of hydrogen-bond donors (Lipinski definition) is 2. The molecule has 1 atom stereocenters. The van der Waals surface area contributed by atoms with Gasteiger partial charge >= 0.3 is 6.61 Å². The predicted octanol–water partition coefficient (Wildman–Crippen LogP) is 5.46. The normalized spacial score (nSPS) is 14.3. The van der Waals surface area contributed by atoms with E-state index in [1.54, 1.807) is 17.2 Å². The van der Waals surface area contributed by atoms with E-state index in [2.05, 4.69) is 32.7 Å². The van der Waals surface area contributed by atoms with E-state index in [1.807, 2.05) is 31.2 Å². The number of halogens is 3. The van der Waals surface area contributed by atoms with Gasteiger partial charge in [0.25, 0.3) is 5.91 Å². The molecule has 0 bridgehead atoms.